The molecule has 5 rings (SSSR count). The van der Waals surface area contributed by atoms with Gasteiger partial charge in [0.1, 0.15) is 11.5 Å². The van der Waals surface area contributed by atoms with E-state index in [0.717, 1.165) is 22.0 Å². The number of amides is 1. The summed E-state index contributed by atoms with van der Waals surface area (Å²) in [7, 11) is 1.65. The Morgan fingerprint density at radius 2 is 2.03 bits per heavy atom. The van der Waals surface area contributed by atoms with Crippen LogP contribution in [0.25, 0.3) is 0 Å². The maximum atomic E-state index is 12.9. The highest BCUT2D eigenvalue weighted by Gasteiger charge is 2.32. The molecule has 7 heteroatoms. The molecule has 2 aliphatic heterocycles. The molecule has 6 nitrogen and oxygen atoms in total. The van der Waals surface area contributed by atoms with Gasteiger partial charge in [-0.25, -0.2) is 4.99 Å². The molecule has 0 radical (unpaired) electrons. The summed E-state index contributed by atoms with van der Waals surface area (Å²) in [5, 5.41) is 2.01. The van der Waals surface area contributed by atoms with Crippen LogP contribution in [0.2, 0.25) is 0 Å². The molecule has 164 valence electrons. The molecule has 2 aliphatic rings. The Morgan fingerprint density at radius 1 is 1.16 bits per heavy atom. The Morgan fingerprint density at radius 3 is 2.81 bits per heavy atom. The molecule has 0 bridgehead atoms. The lowest BCUT2D eigenvalue weighted by atomic mass is 10.1. The number of thiophene rings is 1. The monoisotopic (exact) mass is 447 g/mol. The maximum Gasteiger partial charge on any atom is 0.228 e. The largest absolute Gasteiger partial charge is 0.493 e. The van der Waals surface area contributed by atoms with Crippen molar-refractivity contribution in [1.82, 2.24) is 9.80 Å². The molecule has 1 fully saturated rings. The molecular formula is C25H25N3O3S. The lowest BCUT2D eigenvalue weighted by molar-refractivity contribution is -0.134. The summed E-state index contributed by atoms with van der Waals surface area (Å²) in [4.78, 5) is 23.3. The summed E-state index contributed by atoms with van der Waals surface area (Å²) in [5.74, 6) is 3.07. The second kappa shape index (κ2) is 8.67. The number of fused-ring (bicyclic) bond motifs is 2. The number of benzene rings is 2. The van der Waals surface area contributed by atoms with E-state index in [4.69, 9.17) is 14.5 Å². The summed E-state index contributed by atoms with van der Waals surface area (Å²) >= 11 is 1.63. The zero-order valence-corrected chi connectivity index (χ0v) is 19.0. The van der Waals surface area contributed by atoms with E-state index in [1.54, 1.807) is 18.4 Å². The first-order valence-electron chi connectivity index (χ1n) is 10.7. The Hall–Kier alpha value is -3.32. The molecule has 1 aromatic heterocycles. The van der Waals surface area contributed by atoms with Crippen molar-refractivity contribution in [1.29, 1.82) is 0 Å². The fourth-order valence-electron chi connectivity index (χ4n) is 4.30. The number of hydrogen-bond acceptors (Lipinski definition) is 6. The minimum absolute atomic E-state index is 0.0763. The number of ether oxygens (including phenoxy) is 2. The van der Waals surface area contributed by atoms with Gasteiger partial charge in [0.05, 0.1) is 19.1 Å². The number of para-hydroxylation sites is 3. The SMILES string of the molecule is COc1cccc2c1Oc1ccccc1N=C2N1CCN(C(=O)Cc2cccs2)[C@@H](C)C1. The van der Waals surface area contributed by atoms with Gasteiger partial charge in [0, 0.05) is 30.6 Å². The molecule has 1 atom stereocenters. The number of aliphatic imine (C=N–C) groups is 1. The van der Waals surface area contributed by atoms with Crippen molar-refractivity contribution in [2.45, 2.75) is 19.4 Å². The summed E-state index contributed by atoms with van der Waals surface area (Å²) < 4.78 is 11.8. The van der Waals surface area contributed by atoms with Crippen LogP contribution < -0.4 is 9.47 Å². The van der Waals surface area contributed by atoms with Gasteiger partial charge in [-0.2, -0.15) is 0 Å². The highest BCUT2D eigenvalue weighted by Crippen LogP contribution is 2.42. The van der Waals surface area contributed by atoms with E-state index >= 15 is 0 Å². The van der Waals surface area contributed by atoms with E-state index < -0.39 is 0 Å². The number of rotatable bonds is 3. The maximum absolute atomic E-state index is 12.9. The molecular weight excluding hydrogens is 422 g/mol. The van der Waals surface area contributed by atoms with Crippen LogP contribution >= 0.6 is 11.3 Å². The fraction of sp³-hybridized carbons (Fsp3) is 0.280. The minimum atomic E-state index is 0.0763. The molecule has 3 heterocycles. The van der Waals surface area contributed by atoms with Crippen LogP contribution in [0.3, 0.4) is 0 Å². The molecule has 0 unspecified atom stereocenters. The van der Waals surface area contributed by atoms with Crippen LogP contribution in [0.4, 0.5) is 5.69 Å². The second-order valence-electron chi connectivity index (χ2n) is 7.98. The third-order valence-electron chi connectivity index (χ3n) is 5.90. The van der Waals surface area contributed by atoms with Crippen LogP contribution in [0, 0.1) is 0 Å². The van der Waals surface area contributed by atoms with Gasteiger partial charge in [-0.1, -0.05) is 24.3 Å². The average molecular weight is 448 g/mol. The predicted molar refractivity (Wildman–Crippen MR) is 126 cm³/mol. The van der Waals surface area contributed by atoms with Crippen LogP contribution in [-0.2, 0) is 11.2 Å². The number of hydrogen-bond donors (Lipinski definition) is 0. The second-order valence-corrected chi connectivity index (χ2v) is 9.01. The molecule has 0 spiro atoms. The van der Waals surface area contributed by atoms with Crippen molar-refractivity contribution in [3.05, 3.63) is 70.4 Å². The first-order chi connectivity index (χ1) is 15.6. The van der Waals surface area contributed by atoms with Gasteiger partial charge in [-0.15, -0.1) is 11.3 Å². The number of carbonyl (C=O) groups is 1. The summed E-state index contributed by atoms with van der Waals surface area (Å²) in [6.45, 7) is 4.17. The first kappa shape index (κ1) is 20.6. The van der Waals surface area contributed by atoms with Gasteiger partial charge in [0.25, 0.3) is 0 Å². The van der Waals surface area contributed by atoms with E-state index in [1.165, 1.54) is 0 Å². The van der Waals surface area contributed by atoms with Gasteiger partial charge < -0.3 is 19.3 Å². The molecule has 1 saturated heterocycles. The summed E-state index contributed by atoms with van der Waals surface area (Å²) in [6, 6.07) is 17.7. The van der Waals surface area contributed by atoms with Gasteiger partial charge >= 0.3 is 0 Å². The van der Waals surface area contributed by atoms with E-state index in [0.29, 0.717) is 43.3 Å². The Bertz CT molecular complexity index is 1160. The van der Waals surface area contributed by atoms with E-state index in [2.05, 4.69) is 11.8 Å². The molecule has 3 aromatic rings. The number of methoxy groups -OCH3 is 1. The molecule has 32 heavy (non-hydrogen) atoms. The zero-order valence-electron chi connectivity index (χ0n) is 18.2. The number of carbonyl (C=O) groups excluding carboxylic acids is 1. The lowest BCUT2D eigenvalue weighted by Gasteiger charge is -2.41. The van der Waals surface area contributed by atoms with Crippen molar-refractivity contribution >= 4 is 28.8 Å². The topological polar surface area (TPSA) is 54.4 Å². The first-order valence-corrected chi connectivity index (χ1v) is 11.6. The van der Waals surface area contributed by atoms with Gasteiger partial charge in [0.15, 0.2) is 17.2 Å². The Balaban J connectivity index is 1.44. The van der Waals surface area contributed by atoms with E-state index in [1.807, 2.05) is 64.9 Å². The highest BCUT2D eigenvalue weighted by atomic mass is 32.1. The van der Waals surface area contributed by atoms with Gasteiger partial charge in [0.2, 0.25) is 5.91 Å². The van der Waals surface area contributed by atoms with Crippen LogP contribution in [0.1, 0.15) is 17.4 Å². The third kappa shape index (κ3) is 3.84. The number of nitrogens with zero attached hydrogens (tertiary/aromatic N) is 3. The average Bonchev–Trinajstić information content (AvgIpc) is 3.25. The normalized spacial score (nSPS) is 17.6. The number of piperazine rings is 1. The predicted octanol–water partition coefficient (Wildman–Crippen LogP) is 4.72. The zero-order chi connectivity index (χ0) is 22.1. The van der Waals surface area contributed by atoms with Crippen LogP contribution in [0.5, 0.6) is 17.2 Å². The summed E-state index contributed by atoms with van der Waals surface area (Å²) in [5.41, 5.74) is 1.68. The Labute approximate surface area is 191 Å². The third-order valence-corrected chi connectivity index (χ3v) is 6.77. The smallest absolute Gasteiger partial charge is 0.228 e. The highest BCUT2D eigenvalue weighted by molar-refractivity contribution is 7.10. The van der Waals surface area contributed by atoms with Gasteiger partial charge in [-0.05, 0) is 42.6 Å². The van der Waals surface area contributed by atoms with Crippen molar-refractivity contribution in [3.8, 4) is 17.2 Å². The van der Waals surface area contributed by atoms with Crippen molar-refractivity contribution in [2.24, 2.45) is 4.99 Å². The van der Waals surface area contributed by atoms with E-state index in [9.17, 15) is 4.79 Å². The van der Waals surface area contributed by atoms with E-state index in [-0.39, 0.29) is 11.9 Å². The Kier molecular flexibility index (Phi) is 5.57. The van der Waals surface area contributed by atoms with Crippen LogP contribution in [-0.4, -0.2) is 54.3 Å². The number of amidine groups is 1. The van der Waals surface area contributed by atoms with Crippen molar-refractivity contribution in [3.63, 3.8) is 0 Å². The molecule has 0 N–H and O–H groups in total. The molecule has 0 aliphatic carbocycles. The van der Waals surface area contributed by atoms with Crippen LogP contribution in [0.15, 0.2) is 65.0 Å². The van der Waals surface area contributed by atoms with Crippen molar-refractivity contribution < 1.29 is 14.3 Å². The summed E-state index contributed by atoms with van der Waals surface area (Å²) in [6.07, 6.45) is 0.463. The minimum Gasteiger partial charge on any atom is -0.493 e. The standard InChI is InChI=1S/C25H25N3O3S/c1-17-16-27(12-13-28(17)23(29)15-18-7-6-14-32-18)25-19-8-5-11-22(30-2)24(19)31-21-10-4-3-9-20(21)26-25/h3-11,14,17H,12-13,15-16H2,1-2H3/t17-/m0/s1. The van der Waals surface area contributed by atoms with Gasteiger partial charge in [-0.3, -0.25) is 4.79 Å². The molecule has 1 amide bonds. The lowest BCUT2D eigenvalue weighted by Crippen LogP contribution is -2.55. The fourth-order valence-corrected chi connectivity index (χ4v) is 5.00. The molecule has 2 aromatic carbocycles. The van der Waals surface area contributed by atoms with Crippen molar-refractivity contribution in [2.75, 3.05) is 26.7 Å². The quantitative estimate of drug-likeness (QED) is 0.583. The molecule has 0 saturated carbocycles.